The number of fused-ring (bicyclic) bond motifs is 2. The van der Waals surface area contributed by atoms with E-state index in [1.165, 1.54) is 6.07 Å². The van der Waals surface area contributed by atoms with Crippen molar-refractivity contribution < 1.29 is 19.1 Å². The summed E-state index contributed by atoms with van der Waals surface area (Å²) >= 11 is 0. The molecule has 1 atom stereocenters. The number of ether oxygens (including phenoxy) is 1. The molecule has 7 heteroatoms. The molecule has 3 aromatic rings. The van der Waals surface area contributed by atoms with Crippen LogP contribution in [0, 0.1) is 0 Å². The van der Waals surface area contributed by atoms with Crippen molar-refractivity contribution in [3.8, 4) is 11.5 Å². The Morgan fingerprint density at radius 2 is 1.93 bits per heavy atom. The van der Waals surface area contributed by atoms with Crippen LogP contribution in [0.4, 0.5) is 0 Å². The zero-order chi connectivity index (χ0) is 21.4. The van der Waals surface area contributed by atoms with E-state index >= 15 is 0 Å². The number of nitrogens with zero attached hydrogens (tertiary/aromatic N) is 2. The molecule has 1 amide bonds. The van der Waals surface area contributed by atoms with Gasteiger partial charge in [0.25, 0.3) is 5.91 Å². The average molecular weight is 408 g/mol. The highest BCUT2D eigenvalue weighted by Gasteiger charge is 2.42. The van der Waals surface area contributed by atoms with Crippen LogP contribution in [-0.2, 0) is 0 Å². The summed E-state index contributed by atoms with van der Waals surface area (Å²) in [5.74, 6) is 0.0865. The summed E-state index contributed by atoms with van der Waals surface area (Å²) in [5, 5.41) is 10.5. The van der Waals surface area contributed by atoms with Gasteiger partial charge in [0.05, 0.1) is 23.6 Å². The number of phenols is 1. The molecule has 0 radical (unpaired) electrons. The summed E-state index contributed by atoms with van der Waals surface area (Å²) < 4.78 is 11.4. The predicted octanol–water partition coefficient (Wildman–Crippen LogP) is 3.00. The second kappa shape index (κ2) is 7.84. The molecule has 1 aliphatic heterocycles. The lowest BCUT2D eigenvalue weighted by Crippen LogP contribution is -2.35. The maximum atomic E-state index is 13.4. The van der Waals surface area contributed by atoms with Crippen LogP contribution in [0.15, 0.2) is 51.7 Å². The fourth-order valence-electron chi connectivity index (χ4n) is 3.82. The van der Waals surface area contributed by atoms with Crippen LogP contribution in [-0.4, -0.2) is 54.6 Å². The normalized spacial score (nSPS) is 15.8. The maximum Gasteiger partial charge on any atom is 0.290 e. The molecule has 0 saturated heterocycles. The van der Waals surface area contributed by atoms with Crippen LogP contribution in [0.25, 0.3) is 11.0 Å². The van der Waals surface area contributed by atoms with Crippen LogP contribution in [0.5, 0.6) is 11.5 Å². The molecule has 0 fully saturated rings. The minimum absolute atomic E-state index is 0.00975. The molecule has 0 aliphatic carbocycles. The number of rotatable bonds is 6. The minimum Gasteiger partial charge on any atom is -0.504 e. The lowest BCUT2D eigenvalue weighted by molar-refractivity contribution is 0.0716. The molecule has 2 heterocycles. The van der Waals surface area contributed by atoms with Crippen molar-refractivity contribution >= 4 is 16.9 Å². The maximum absolute atomic E-state index is 13.4. The van der Waals surface area contributed by atoms with E-state index in [1.807, 2.05) is 25.9 Å². The van der Waals surface area contributed by atoms with Crippen molar-refractivity contribution in [1.82, 2.24) is 9.80 Å². The summed E-state index contributed by atoms with van der Waals surface area (Å²) in [6.45, 7) is 3.25. The Morgan fingerprint density at radius 1 is 1.17 bits per heavy atom. The first kappa shape index (κ1) is 20.0. The van der Waals surface area contributed by atoms with Crippen molar-refractivity contribution in [2.24, 2.45) is 0 Å². The van der Waals surface area contributed by atoms with Gasteiger partial charge in [-0.2, -0.15) is 0 Å². The molecular formula is C23H24N2O5. The zero-order valence-electron chi connectivity index (χ0n) is 17.2. The molecule has 4 rings (SSSR count). The second-order valence-electron chi connectivity index (χ2n) is 7.53. The smallest absolute Gasteiger partial charge is 0.290 e. The third-order valence-corrected chi connectivity index (χ3v) is 5.26. The Labute approximate surface area is 174 Å². The van der Waals surface area contributed by atoms with E-state index in [2.05, 4.69) is 0 Å². The second-order valence-corrected chi connectivity index (χ2v) is 7.53. The van der Waals surface area contributed by atoms with E-state index in [1.54, 1.807) is 41.3 Å². The predicted molar refractivity (Wildman–Crippen MR) is 113 cm³/mol. The number of likely N-dealkylation sites (N-methyl/N-ethyl adjacent to an activating group) is 1. The van der Waals surface area contributed by atoms with Gasteiger partial charge in [0.1, 0.15) is 5.58 Å². The summed E-state index contributed by atoms with van der Waals surface area (Å²) in [4.78, 5) is 30.3. The van der Waals surface area contributed by atoms with Crippen molar-refractivity contribution in [3.63, 3.8) is 0 Å². The summed E-state index contributed by atoms with van der Waals surface area (Å²) in [6.07, 6.45) is 0. The van der Waals surface area contributed by atoms with Crippen LogP contribution in [0.1, 0.15) is 34.6 Å². The summed E-state index contributed by atoms with van der Waals surface area (Å²) in [5.41, 5.74) is 1.18. The Bertz CT molecular complexity index is 1170. The first-order valence-electron chi connectivity index (χ1n) is 9.89. The quantitative estimate of drug-likeness (QED) is 0.675. The van der Waals surface area contributed by atoms with E-state index in [0.717, 1.165) is 0 Å². The largest absolute Gasteiger partial charge is 0.504 e. The molecule has 1 N–H and O–H groups in total. The Hall–Kier alpha value is -3.32. The third kappa shape index (κ3) is 3.31. The summed E-state index contributed by atoms with van der Waals surface area (Å²) in [6, 6.07) is 11.2. The fourth-order valence-corrected chi connectivity index (χ4v) is 3.82. The van der Waals surface area contributed by atoms with Gasteiger partial charge >= 0.3 is 0 Å². The lowest BCUT2D eigenvalue weighted by atomic mass is 9.98. The highest BCUT2D eigenvalue weighted by Crippen LogP contribution is 2.40. The van der Waals surface area contributed by atoms with E-state index in [-0.39, 0.29) is 22.8 Å². The van der Waals surface area contributed by atoms with Gasteiger partial charge in [0, 0.05) is 13.1 Å². The zero-order valence-corrected chi connectivity index (χ0v) is 17.2. The van der Waals surface area contributed by atoms with Crippen molar-refractivity contribution in [3.05, 3.63) is 69.6 Å². The monoisotopic (exact) mass is 408 g/mol. The van der Waals surface area contributed by atoms with Gasteiger partial charge in [-0.25, -0.2) is 0 Å². The molecule has 156 valence electrons. The van der Waals surface area contributed by atoms with Gasteiger partial charge in [0.15, 0.2) is 16.9 Å². The molecule has 1 aromatic heterocycles. The van der Waals surface area contributed by atoms with Gasteiger partial charge in [-0.1, -0.05) is 18.2 Å². The highest BCUT2D eigenvalue weighted by atomic mass is 16.5. The van der Waals surface area contributed by atoms with E-state index in [4.69, 9.17) is 9.15 Å². The molecule has 0 bridgehead atoms. The third-order valence-electron chi connectivity index (χ3n) is 5.26. The molecule has 30 heavy (non-hydrogen) atoms. The number of hydrogen-bond donors (Lipinski definition) is 1. The molecule has 2 aromatic carbocycles. The summed E-state index contributed by atoms with van der Waals surface area (Å²) in [7, 11) is 3.85. The Kier molecular flexibility index (Phi) is 5.22. The van der Waals surface area contributed by atoms with Gasteiger partial charge in [-0.05, 0) is 50.8 Å². The topological polar surface area (TPSA) is 83.2 Å². The van der Waals surface area contributed by atoms with E-state index in [9.17, 15) is 14.7 Å². The van der Waals surface area contributed by atoms with Crippen LogP contribution in [0.2, 0.25) is 0 Å². The first-order valence-corrected chi connectivity index (χ1v) is 9.89. The Morgan fingerprint density at radius 3 is 2.67 bits per heavy atom. The molecule has 7 nitrogen and oxygen atoms in total. The standard InChI is InChI=1S/C23H24N2O5/c1-4-29-18-13-14(9-10-16(18)26)20-19-21(27)15-7-5-6-8-17(15)30-22(19)23(28)25(20)12-11-24(2)3/h5-10,13,20,26H,4,11-12H2,1-3H3. The van der Waals surface area contributed by atoms with Crippen molar-refractivity contribution in [1.29, 1.82) is 0 Å². The van der Waals surface area contributed by atoms with Crippen molar-refractivity contribution in [2.75, 3.05) is 33.8 Å². The molecule has 0 saturated carbocycles. The number of amides is 1. The van der Waals surface area contributed by atoms with Gasteiger partial charge < -0.3 is 24.1 Å². The number of carbonyl (C=O) groups excluding carboxylic acids is 1. The number of benzene rings is 2. The number of carbonyl (C=O) groups is 1. The molecule has 1 unspecified atom stereocenters. The minimum atomic E-state index is -0.617. The average Bonchev–Trinajstić information content (AvgIpc) is 3.00. The van der Waals surface area contributed by atoms with Gasteiger partial charge in [-0.15, -0.1) is 0 Å². The fraction of sp³-hybridized carbons (Fsp3) is 0.304. The van der Waals surface area contributed by atoms with Crippen LogP contribution >= 0.6 is 0 Å². The Balaban J connectivity index is 1.92. The molecule has 0 spiro atoms. The van der Waals surface area contributed by atoms with Gasteiger partial charge in [0.2, 0.25) is 5.76 Å². The molecular weight excluding hydrogens is 384 g/mol. The number of phenolic OH excluding ortho intramolecular Hbond substituents is 1. The van der Waals surface area contributed by atoms with E-state index < -0.39 is 6.04 Å². The van der Waals surface area contributed by atoms with E-state index in [0.29, 0.717) is 47.5 Å². The van der Waals surface area contributed by atoms with Crippen molar-refractivity contribution in [2.45, 2.75) is 13.0 Å². The number of hydrogen-bond acceptors (Lipinski definition) is 6. The van der Waals surface area contributed by atoms with Crippen LogP contribution in [0.3, 0.4) is 0 Å². The number of para-hydroxylation sites is 1. The SMILES string of the molecule is CCOc1cc(C2c3c(oc4ccccc4c3=O)C(=O)N2CCN(C)C)ccc1O. The number of aromatic hydroxyl groups is 1. The lowest BCUT2D eigenvalue weighted by Gasteiger charge is -2.26. The highest BCUT2D eigenvalue weighted by molar-refractivity contribution is 5.99. The first-order chi connectivity index (χ1) is 14.4. The van der Waals surface area contributed by atoms with Gasteiger partial charge in [-0.3, -0.25) is 9.59 Å². The van der Waals surface area contributed by atoms with Crippen LogP contribution < -0.4 is 10.2 Å². The molecule has 1 aliphatic rings.